The number of nitrogens with zero attached hydrogens (tertiary/aromatic N) is 3. The Hall–Kier alpha value is -2.42. The molecule has 2 aliphatic heterocycles. The molecule has 2 aliphatic rings. The summed E-state index contributed by atoms with van der Waals surface area (Å²) in [4.78, 5) is 16.7. The van der Waals surface area contributed by atoms with Crippen LogP contribution in [0.4, 0.5) is 5.69 Å². The number of hydrogen-bond acceptors (Lipinski definition) is 4. The van der Waals surface area contributed by atoms with Crippen molar-refractivity contribution in [1.82, 2.24) is 4.90 Å². The summed E-state index contributed by atoms with van der Waals surface area (Å²) in [6, 6.07) is 18.1. The van der Waals surface area contributed by atoms with Gasteiger partial charge in [0.25, 0.3) is 0 Å². The van der Waals surface area contributed by atoms with Crippen LogP contribution in [0.25, 0.3) is 0 Å². The molecule has 4 nitrogen and oxygen atoms in total. The zero-order valence-corrected chi connectivity index (χ0v) is 16.4. The molecule has 0 bridgehead atoms. The fraction of sp³-hybridized carbons (Fsp3) is 0.238. The maximum absolute atomic E-state index is 12.9. The summed E-state index contributed by atoms with van der Waals surface area (Å²) >= 11 is 7.65. The van der Waals surface area contributed by atoms with E-state index in [9.17, 15) is 10.1 Å². The topological polar surface area (TPSA) is 47.3 Å². The number of carbonyl (C=O) groups is 1. The molecule has 6 heteroatoms. The Bertz CT molecular complexity index is 964. The van der Waals surface area contributed by atoms with Crippen LogP contribution in [0.15, 0.2) is 59.1 Å². The minimum Gasteiger partial charge on any atom is -0.344 e. The van der Waals surface area contributed by atoms with Crippen LogP contribution in [0.5, 0.6) is 0 Å². The quantitative estimate of drug-likeness (QED) is 0.727. The highest BCUT2D eigenvalue weighted by molar-refractivity contribution is 8.03. The molecule has 0 saturated carbocycles. The summed E-state index contributed by atoms with van der Waals surface area (Å²) < 4.78 is 0. The number of nitriles is 1. The first kappa shape index (κ1) is 18.0. The maximum Gasteiger partial charge on any atom is 0.229 e. The van der Waals surface area contributed by atoms with E-state index in [-0.39, 0.29) is 11.8 Å². The first-order valence-corrected chi connectivity index (χ1v) is 10.1. The molecule has 0 aromatic heterocycles. The third-order valence-corrected chi connectivity index (χ3v) is 6.34. The van der Waals surface area contributed by atoms with E-state index in [1.807, 2.05) is 55.5 Å². The predicted molar refractivity (Wildman–Crippen MR) is 109 cm³/mol. The van der Waals surface area contributed by atoms with Gasteiger partial charge in [0.05, 0.1) is 29.2 Å². The zero-order chi connectivity index (χ0) is 19.0. The summed E-state index contributed by atoms with van der Waals surface area (Å²) in [7, 11) is 0. The van der Waals surface area contributed by atoms with E-state index in [0.717, 1.165) is 21.8 Å². The highest BCUT2D eigenvalue weighted by Crippen LogP contribution is 2.43. The van der Waals surface area contributed by atoms with E-state index in [4.69, 9.17) is 11.6 Å². The predicted octanol–water partition coefficient (Wildman–Crippen LogP) is 4.87. The van der Waals surface area contributed by atoms with Gasteiger partial charge in [0.1, 0.15) is 0 Å². The summed E-state index contributed by atoms with van der Waals surface area (Å²) in [5.74, 6) is 0.555. The van der Waals surface area contributed by atoms with Gasteiger partial charge in [-0.1, -0.05) is 59.3 Å². The molecule has 2 aromatic rings. The van der Waals surface area contributed by atoms with Gasteiger partial charge in [-0.05, 0) is 30.7 Å². The highest BCUT2D eigenvalue weighted by Gasteiger charge is 2.38. The maximum atomic E-state index is 12.9. The summed E-state index contributed by atoms with van der Waals surface area (Å²) in [5.41, 5.74) is 3.85. The van der Waals surface area contributed by atoms with Crippen LogP contribution in [0.1, 0.15) is 23.5 Å². The van der Waals surface area contributed by atoms with Gasteiger partial charge in [0.15, 0.2) is 0 Å². The molecule has 2 aromatic carbocycles. The number of hydrogen-bond donors (Lipinski definition) is 0. The van der Waals surface area contributed by atoms with Crippen molar-refractivity contribution in [3.63, 3.8) is 0 Å². The molecule has 2 heterocycles. The summed E-state index contributed by atoms with van der Waals surface area (Å²) in [5, 5.41) is 11.3. The second-order valence-electron chi connectivity index (χ2n) is 6.75. The van der Waals surface area contributed by atoms with Crippen molar-refractivity contribution in [1.29, 1.82) is 5.26 Å². The third-order valence-electron chi connectivity index (χ3n) is 4.95. The molecule has 0 radical (unpaired) electrons. The molecule has 27 heavy (non-hydrogen) atoms. The summed E-state index contributed by atoms with van der Waals surface area (Å²) in [6.45, 7) is 2.47. The van der Waals surface area contributed by atoms with Gasteiger partial charge < -0.3 is 4.90 Å². The number of aryl methyl sites for hydroxylation is 1. The molecular formula is C21H18ClN3OS. The average molecular weight is 396 g/mol. The van der Waals surface area contributed by atoms with Crippen LogP contribution in [-0.4, -0.2) is 23.4 Å². The van der Waals surface area contributed by atoms with Crippen molar-refractivity contribution in [3.8, 4) is 6.07 Å². The Kier molecular flexibility index (Phi) is 4.86. The third kappa shape index (κ3) is 3.43. The lowest BCUT2D eigenvalue weighted by molar-refractivity contribution is -0.129. The van der Waals surface area contributed by atoms with Gasteiger partial charge in [0, 0.05) is 23.0 Å². The molecule has 136 valence electrons. The van der Waals surface area contributed by atoms with Crippen LogP contribution in [0.2, 0.25) is 5.02 Å². The average Bonchev–Trinajstić information content (AvgIpc) is 2.68. The lowest BCUT2D eigenvalue weighted by Gasteiger charge is -2.42. The SMILES string of the molecule is Cc1ccc([C@@H]2CC(=O)N3CN(c4cccc(Cl)c4)CSC3=C2C#N)cc1. The number of benzene rings is 2. The molecular weight excluding hydrogens is 378 g/mol. The Labute approximate surface area is 168 Å². The number of allylic oxidation sites excluding steroid dienone is 1. The second kappa shape index (κ2) is 7.30. The van der Waals surface area contributed by atoms with E-state index in [1.165, 1.54) is 11.8 Å². The van der Waals surface area contributed by atoms with Crippen molar-refractivity contribution >= 4 is 35.0 Å². The molecule has 1 fully saturated rings. The van der Waals surface area contributed by atoms with Gasteiger partial charge in [-0.2, -0.15) is 5.26 Å². The van der Waals surface area contributed by atoms with Crippen LogP contribution in [-0.2, 0) is 4.79 Å². The van der Waals surface area contributed by atoms with E-state index in [1.54, 1.807) is 4.90 Å². The van der Waals surface area contributed by atoms with E-state index in [2.05, 4.69) is 11.0 Å². The van der Waals surface area contributed by atoms with Crippen LogP contribution in [0, 0.1) is 18.3 Å². The minimum absolute atomic E-state index is 0.0498. The smallest absolute Gasteiger partial charge is 0.229 e. The molecule has 4 rings (SSSR count). The normalized spacial score (nSPS) is 19.7. The molecule has 1 atom stereocenters. The number of halogens is 1. The van der Waals surface area contributed by atoms with Crippen LogP contribution >= 0.6 is 23.4 Å². The molecule has 0 N–H and O–H groups in total. The van der Waals surface area contributed by atoms with Gasteiger partial charge >= 0.3 is 0 Å². The first-order valence-electron chi connectivity index (χ1n) is 8.71. The fourth-order valence-corrected chi connectivity index (χ4v) is 4.83. The molecule has 0 spiro atoms. The van der Waals surface area contributed by atoms with Gasteiger partial charge in [-0.15, -0.1) is 0 Å². The lowest BCUT2D eigenvalue weighted by atomic mass is 9.86. The van der Waals surface area contributed by atoms with E-state index < -0.39 is 0 Å². The zero-order valence-electron chi connectivity index (χ0n) is 14.9. The Morgan fingerprint density at radius 2 is 2.00 bits per heavy atom. The highest BCUT2D eigenvalue weighted by atomic mass is 35.5. The van der Waals surface area contributed by atoms with Gasteiger partial charge in [-0.25, -0.2) is 0 Å². The van der Waals surface area contributed by atoms with Crippen molar-refractivity contribution in [2.24, 2.45) is 0 Å². The Morgan fingerprint density at radius 3 is 2.70 bits per heavy atom. The number of carbonyl (C=O) groups excluding carboxylic acids is 1. The van der Waals surface area contributed by atoms with E-state index in [0.29, 0.717) is 29.6 Å². The van der Waals surface area contributed by atoms with Gasteiger partial charge in [-0.3, -0.25) is 9.69 Å². The monoisotopic (exact) mass is 395 g/mol. The van der Waals surface area contributed by atoms with Crippen molar-refractivity contribution in [3.05, 3.63) is 75.3 Å². The number of anilines is 1. The fourth-order valence-electron chi connectivity index (χ4n) is 3.48. The van der Waals surface area contributed by atoms with Crippen LogP contribution in [0.3, 0.4) is 0 Å². The second-order valence-corrected chi connectivity index (χ2v) is 8.12. The van der Waals surface area contributed by atoms with Crippen molar-refractivity contribution in [2.45, 2.75) is 19.3 Å². The number of amides is 1. The molecule has 0 aliphatic carbocycles. The number of thioether (sulfide) groups is 1. The van der Waals surface area contributed by atoms with Gasteiger partial charge in [0.2, 0.25) is 5.91 Å². The van der Waals surface area contributed by atoms with Crippen LogP contribution < -0.4 is 4.90 Å². The van der Waals surface area contributed by atoms with E-state index >= 15 is 0 Å². The largest absolute Gasteiger partial charge is 0.344 e. The number of rotatable bonds is 2. The molecule has 1 saturated heterocycles. The molecule has 0 unspecified atom stereocenters. The van der Waals surface area contributed by atoms with Crippen molar-refractivity contribution < 1.29 is 4.79 Å². The Balaban J connectivity index is 1.66. The Morgan fingerprint density at radius 1 is 1.22 bits per heavy atom. The first-order chi connectivity index (χ1) is 13.1. The van der Waals surface area contributed by atoms with Crippen molar-refractivity contribution in [2.75, 3.05) is 17.4 Å². The molecule has 1 amide bonds. The number of fused-ring (bicyclic) bond motifs is 1. The standard InChI is InChI=1S/C21H18ClN3OS/c1-14-5-7-15(8-6-14)18-10-20(26)25-12-24(13-27-21(25)19(18)11-23)17-4-2-3-16(22)9-17/h2-9,18H,10,12-13H2,1H3/t18-/m0/s1. The lowest BCUT2D eigenvalue weighted by Crippen LogP contribution is -2.47. The minimum atomic E-state index is -0.167. The summed E-state index contributed by atoms with van der Waals surface area (Å²) in [6.07, 6.45) is 0.319.